The van der Waals surface area contributed by atoms with E-state index in [4.69, 9.17) is 11.6 Å². The van der Waals surface area contributed by atoms with E-state index in [9.17, 15) is 0 Å². The van der Waals surface area contributed by atoms with Crippen molar-refractivity contribution in [2.24, 2.45) is 4.99 Å². The summed E-state index contributed by atoms with van der Waals surface area (Å²) in [6.07, 6.45) is 1.71. The minimum absolute atomic E-state index is 0. The lowest BCUT2D eigenvalue weighted by Gasteiger charge is -2.22. The summed E-state index contributed by atoms with van der Waals surface area (Å²) in [6, 6.07) is 17.8. The average Bonchev–Trinajstić information content (AvgIpc) is 3.11. The van der Waals surface area contributed by atoms with Gasteiger partial charge >= 0.3 is 0 Å². The standard InChI is InChI=1S/C19H21ClN6.HI/c1-21-19(25(2)13-15-7-6-8-16(20)11-15)22-12-18-24-23-14-26(18)17-9-4-3-5-10-17;/h3-11,14H,12-13H2,1-2H3,(H,21,22);1H. The van der Waals surface area contributed by atoms with Gasteiger partial charge in [-0.3, -0.25) is 9.56 Å². The lowest BCUT2D eigenvalue weighted by Crippen LogP contribution is -2.38. The number of halogens is 2. The summed E-state index contributed by atoms with van der Waals surface area (Å²) in [5, 5.41) is 12.3. The molecule has 1 aromatic heterocycles. The molecular formula is C19H22ClIN6. The fourth-order valence-electron chi connectivity index (χ4n) is 2.71. The van der Waals surface area contributed by atoms with Crippen molar-refractivity contribution in [3.05, 3.63) is 77.3 Å². The molecule has 0 aliphatic rings. The third-order valence-corrected chi connectivity index (χ3v) is 4.17. The number of nitrogens with one attached hydrogen (secondary N) is 1. The third kappa shape index (κ3) is 5.67. The number of aromatic nitrogens is 3. The monoisotopic (exact) mass is 496 g/mol. The number of para-hydroxylation sites is 1. The van der Waals surface area contributed by atoms with Crippen molar-refractivity contribution in [1.82, 2.24) is 25.0 Å². The molecule has 2 aromatic carbocycles. The Kier molecular flexibility index (Phi) is 8.05. The zero-order valence-electron chi connectivity index (χ0n) is 15.2. The highest BCUT2D eigenvalue weighted by Crippen LogP contribution is 2.12. The van der Waals surface area contributed by atoms with E-state index in [0.29, 0.717) is 13.1 Å². The summed E-state index contributed by atoms with van der Waals surface area (Å²) in [4.78, 5) is 6.39. The molecule has 0 radical (unpaired) electrons. The lowest BCUT2D eigenvalue weighted by atomic mass is 10.2. The molecule has 8 heteroatoms. The number of aliphatic imine (C=N–C) groups is 1. The maximum Gasteiger partial charge on any atom is 0.194 e. The number of benzene rings is 2. The van der Waals surface area contributed by atoms with Crippen LogP contribution in [0, 0.1) is 0 Å². The zero-order valence-corrected chi connectivity index (χ0v) is 18.3. The van der Waals surface area contributed by atoms with E-state index < -0.39 is 0 Å². The van der Waals surface area contributed by atoms with Gasteiger partial charge in [0.05, 0.1) is 6.54 Å². The molecule has 0 fully saturated rings. The SMILES string of the molecule is CN=C(NCc1nncn1-c1ccccc1)N(C)Cc1cccc(Cl)c1.I. The third-order valence-electron chi connectivity index (χ3n) is 3.94. The number of guanidine groups is 1. The van der Waals surface area contributed by atoms with Crippen LogP contribution in [0.2, 0.25) is 5.02 Å². The smallest absolute Gasteiger partial charge is 0.194 e. The van der Waals surface area contributed by atoms with Crippen LogP contribution in [-0.2, 0) is 13.1 Å². The summed E-state index contributed by atoms with van der Waals surface area (Å²) in [5.74, 6) is 1.58. The summed E-state index contributed by atoms with van der Waals surface area (Å²) in [6.45, 7) is 1.22. The van der Waals surface area contributed by atoms with E-state index in [0.717, 1.165) is 28.1 Å². The van der Waals surface area contributed by atoms with Gasteiger partial charge in [-0.2, -0.15) is 0 Å². The first kappa shape index (κ1) is 21.2. The fraction of sp³-hybridized carbons (Fsp3) is 0.211. The topological polar surface area (TPSA) is 58.3 Å². The predicted octanol–water partition coefficient (Wildman–Crippen LogP) is 3.75. The Morgan fingerprint density at radius 1 is 1.19 bits per heavy atom. The molecule has 0 aliphatic heterocycles. The van der Waals surface area contributed by atoms with E-state index in [2.05, 4.69) is 20.5 Å². The summed E-state index contributed by atoms with van der Waals surface area (Å²) >= 11 is 6.06. The molecule has 0 aliphatic carbocycles. The first-order valence-corrected chi connectivity index (χ1v) is 8.65. The predicted molar refractivity (Wildman–Crippen MR) is 120 cm³/mol. The molecule has 0 saturated carbocycles. The number of nitrogens with zero attached hydrogens (tertiary/aromatic N) is 5. The van der Waals surface area contributed by atoms with Gasteiger partial charge in [0.2, 0.25) is 0 Å². The maximum absolute atomic E-state index is 6.06. The zero-order chi connectivity index (χ0) is 18.4. The summed E-state index contributed by atoms with van der Waals surface area (Å²) in [5.41, 5.74) is 2.15. The van der Waals surface area contributed by atoms with Crippen molar-refractivity contribution in [3.63, 3.8) is 0 Å². The van der Waals surface area contributed by atoms with Crippen molar-refractivity contribution in [2.75, 3.05) is 14.1 Å². The van der Waals surface area contributed by atoms with Gasteiger partial charge in [0, 0.05) is 31.4 Å². The largest absolute Gasteiger partial charge is 0.349 e. The van der Waals surface area contributed by atoms with Gasteiger partial charge in [0.15, 0.2) is 11.8 Å². The second kappa shape index (κ2) is 10.3. The van der Waals surface area contributed by atoms with Crippen LogP contribution in [-0.4, -0.2) is 39.7 Å². The van der Waals surface area contributed by atoms with Gasteiger partial charge in [-0.05, 0) is 29.8 Å². The molecule has 3 rings (SSSR count). The van der Waals surface area contributed by atoms with Crippen molar-refractivity contribution in [3.8, 4) is 5.69 Å². The van der Waals surface area contributed by atoms with Gasteiger partial charge in [-0.25, -0.2) is 0 Å². The molecule has 0 spiro atoms. The molecule has 0 saturated heterocycles. The van der Waals surface area contributed by atoms with Crippen molar-refractivity contribution < 1.29 is 0 Å². The van der Waals surface area contributed by atoms with Gasteiger partial charge in [0.1, 0.15) is 6.33 Å². The maximum atomic E-state index is 6.06. The van der Waals surface area contributed by atoms with Gasteiger partial charge in [-0.15, -0.1) is 34.2 Å². The number of rotatable bonds is 5. The van der Waals surface area contributed by atoms with Crippen LogP contribution in [0.5, 0.6) is 0 Å². The number of hydrogen-bond donors (Lipinski definition) is 1. The van der Waals surface area contributed by atoms with Gasteiger partial charge in [0.25, 0.3) is 0 Å². The molecule has 0 unspecified atom stereocenters. The molecule has 6 nitrogen and oxygen atoms in total. The molecule has 27 heavy (non-hydrogen) atoms. The van der Waals surface area contributed by atoms with Crippen molar-refractivity contribution in [2.45, 2.75) is 13.1 Å². The van der Waals surface area contributed by atoms with Crippen LogP contribution in [0.3, 0.4) is 0 Å². The molecule has 0 atom stereocenters. The van der Waals surface area contributed by atoms with Crippen LogP contribution >= 0.6 is 35.6 Å². The minimum atomic E-state index is 0. The van der Waals surface area contributed by atoms with E-state index in [-0.39, 0.29) is 24.0 Å². The fourth-order valence-corrected chi connectivity index (χ4v) is 2.92. The Hall–Kier alpha value is -2.13. The molecular weight excluding hydrogens is 475 g/mol. The molecule has 0 bridgehead atoms. The quantitative estimate of drug-likeness (QED) is 0.332. The lowest BCUT2D eigenvalue weighted by molar-refractivity contribution is 0.475. The van der Waals surface area contributed by atoms with E-state index in [1.807, 2.05) is 71.1 Å². The van der Waals surface area contributed by atoms with Gasteiger partial charge in [-0.1, -0.05) is 41.9 Å². The second-order valence-electron chi connectivity index (χ2n) is 5.84. The van der Waals surface area contributed by atoms with E-state index in [1.54, 1.807) is 13.4 Å². The highest BCUT2D eigenvalue weighted by molar-refractivity contribution is 14.0. The summed E-state index contributed by atoms with van der Waals surface area (Å²) in [7, 11) is 3.75. The Morgan fingerprint density at radius 2 is 1.96 bits per heavy atom. The molecule has 1 N–H and O–H groups in total. The van der Waals surface area contributed by atoms with E-state index in [1.165, 1.54) is 0 Å². The molecule has 142 valence electrons. The Morgan fingerprint density at radius 3 is 2.67 bits per heavy atom. The van der Waals surface area contributed by atoms with Gasteiger partial charge < -0.3 is 10.2 Å². The van der Waals surface area contributed by atoms with Crippen LogP contribution in [0.15, 0.2) is 65.9 Å². The molecule has 1 heterocycles. The summed E-state index contributed by atoms with van der Waals surface area (Å²) < 4.78 is 1.96. The van der Waals surface area contributed by atoms with Crippen LogP contribution in [0.25, 0.3) is 5.69 Å². The Balaban J connectivity index is 0.00000261. The molecule has 3 aromatic rings. The first-order valence-electron chi connectivity index (χ1n) is 8.28. The highest BCUT2D eigenvalue weighted by atomic mass is 127. The Labute approximate surface area is 181 Å². The van der Waals surface area contributed by atoms with E-state index >= 15 is 0 Å². The van der Waals surface area contributed by atoms with Crippen LogP contribution in [0.4, 0.5) is 0 Å². The number of hydrogen-bond acceptors (Lipinski definition) is 3. The van der Waals surface area contributed by atoms with Crippen molar-refractivity contribution in [1.29, 1.82) is 0 Å². The Bertz CT molecular complexity index is 881. The first-order chi connectivity index (χ1) is 12.7. The van der Waals surface area contributed by atoms with Crippen molar-refractivity contribution >= 4 is 41.5 Å². The molecule has 0 amide bonds. The van der Waals surface area contributed by atoms with Crippen LogP contribution in [0.1, 0.15) is 11.4 Å². The van der Waals surface area contributed by atoms with Crippen LogP contribution < -0.4 is 5.32 Å². The second-order valence-corrected chi connectivity index (χ2v) is 6.28. The minimum Gasteiger partial charge on any atom is -0.349 e. The average molecular weight is 497 g/mol. The normalized spacial score (nSPS) is 11.0. The highest BCUT2D eigenvalue weighted by Gasteiger charge is 2.10.